The highest BCUT2D eigenvalue weighted by Crippen LogP contribution is 2.28. The zero-order valence-corrected chi connectivity index (χ0v) is 14.4. The molecule has 5 heteroatoms. The van der Waals surface area contributed by atoms with E-state index in [-0.39, 0.29) is 35.3 Å². The standard InChI is InChI=1S/C15H24O4Si/c1-9(2)18-14-11(16)8-12(20(5,6)7)13(17)15(14)19-10(3)4/h8-10H,1-7H3. The molecule has 1 rings (SSSR count). The van der Waals surface area contributed by atoms with Gasteiger partial charge in [-0.25, -0.2) is 0 Å². The van der Waals surface area contributed by atoms with Gasteiger partial charge >= 0.3 is 0 Å². The molecule has 0 N–H and O–H groups in total. The molecule has 0 aliphatic heterocycles. The SMILES string of the molecule is CC(C)OC1=C(OC(C)C)C(=O)C([Si](C)(C)C)=CC1=O. The summed E-state index contributed by atoms with van der Waals surface area (Å²) in [5.74, 6) is -0.362. The molecular formula is C15H24O4Si. The maximum Gasteiger partial charge on any atom is 0.224 e. The fourth-order valence-corrected chi connectivity index (χ4v) is 3.21. The van der Waals surface area contributed by atoms with Crippen molar-refractivity contribution in [3.63, 3.8) is 0 Å². The van der Waals surface area contributed by atoms with Gasteiger partial charge < -0.3 is 9.47 Å². The molecule has 20 heavy (non-hydrogen) atoms. The summed E-state index contributed by atoms with van der Waals surface area (Å²) in [6, 6.07) is 0. The van der Waals surface area contributed by atoms with Gasteiger partial charge in [0.25, 0.3) is 0 Å². The first-order valence-corrected chi connectivity index (χ1v) is 10.4. The van der Waals surface area contributed by atoms with Crippen molar-refractivity contribution in [2.24, 2.45) is 0 Å². The van der Waals surface area contributed by atoms with Gasteiger partial charge in [0.15, 0.2) is 0 Å². The van der Waals surface area contributed by atoms with Crippen LogP contribution in [0.3, 0.4) is 0 Å². The zero-order chi connectivity index (χ0) is 15.7. The molecule has 4 nitrogen and oxygen atoms in total. The van der Waals surface area contributed by atoms with Crippen LogP contribution >= 0.6 is 0 Å². The normalized spacial score (nSPS) is 16.9. The summed E-state index contributed by atoms with van der Waals surface area (Å²) < 4.78 is 11.1. The van der Waals surface area contributed by atoms with E-state index in [2.05, 4.69) is 0 Å². The van der Waals surface area contributed by atoms with Crippen LogP contribution in [0.5, 0.6) is 0 Å². The Morgan fingerprint density at radius 2 is 1.35 bits per heavy atom. The Labute approximate surface area is 121 Å². The van der Waals surface area contributed by atoms with Gasteiger partial charge in [0.2, 0.25) is 23.1 Å². The average Bonchev–Trinajstić information content (AvgIpc) is 2.25. The van der Waals surface area contributed by atoms with E-state index in [9.17, 15) is 9.59 Å². The van der Waals surface area contributed by atoms with Crippen LogP contribution in [0.4, 0.5) is 0 Å². The molecular weight excluding hydrogens is 272 g/mol. The molecule has 1 aliphatic carbocycles. The molecule has 0 fully saturated rings. The zero-order valence-electron chi connectivity index (χ0n) is 13.4. The molecule has 0 saturated heterocycles. The van der Waals surface area contributed by atoms with Gasteiger partial charge in [-0.3, -0.25) is 9.59 Å². The number of carbonyl (C=O) groups is 2. The lowest BCUT2D eigenvalue weighted by atomic mass is 10.1. The van der Waals surface area contributed by atoms with Crippen molar-refractivity contribution in [1.82, 2.24) is 0 Å². The molecule has 0 amide bonds. The lowest BCUT2D eigenvalue weighted by molar-refractivity contribution is -0.122. The molecule has 0 aromatic heterocycles. The summed E-state index contributed by atoms with van der Waals surface area (Å²) in [5, 5.41) is 0.592. The minimum Gasteiger partial charge on any atom is -0.483 e. The summed E-state index contributed by atoms with van der Waals surface area (Å²) in [6.45, 7) is 13.4. The van der Waals surface area contributed by atoms with Gasteiger partial charge in [-0.15, -0.1) is 0 Å². The Morgan fingerprint density at radius 1 is 0.900 bits per heavy atom. The Morgan fingerprint density at radius 3 is 1.75 bits per heavy atom. The third-order valence-corrected chi connectivity index (χ3v) is 4.66. The third kappa shape index (κ3) is 3.82. The minimum atomic E-state index is -1.90. The van der Waals surface area contributed by atoms with E-state index in [1.807, 2.05) is 47.3 Å². The van der Waals surface area contributed by atoms with E-state index in [1.165, 1.54) is 6.08 Å². The van der Waals surface area contributed by atoms with E-state index in [4.69, 9.17) is 9.47 Å². The Balaban J connectivity index is 3.29. The average molecular weight is 296 g/mol. The van der Waals surface area contributed by atoms with Crippen LogP contribution in [0, 0.1) is 0 Å². The number of hydrogen-bond donors (Lipinski definition) is 0. The Kier molecular flexibility index (Phi) is 4.97. The van der Waals surface area contributed by atoms with Crippen LogP contribution in [0.25, 0.3) is 0 Å². The van der Waals surface area contributed by atoms with Gasteiger partial charge in [0.05, 0.1) is 20.3 Å². The lowest BCUT2D eigenvalue weighted by Crippen LogP contribution is -2.36. The van der Waals surface area contributed by atoms with E-state index in [0.717, 1.165) is 0 Å². The molecule has 0 saturated carbocycles. The second-order valence-electron chi connectivity index (χ2n) is 6.49. The molecule has 0 aromatic carbocycles. The third-order valence-electron chi connectivity index (χ3n) is 2.67. The topological polar surface area (TPSA) is 52.6 Å². The second-order valence-corrected chi connectivity index (χ2v) is 11.5. The van der Waals surface area contributed by atoms with Crippen LogP contribution in [0.2, 0.25) is 19.6 Å². The number of ether oxygens (including phenoxy) is 2. The van der Waals surface area contributed by atoms with Crippen LogP contribution in [0.1, 0.15) is 27.7 Å². The largest absolute Gasteiger partial charge is 0.483 e. The lowest BCUT2D eigenvalue weighted by Gasteiger charge is -2.27. The van der Waals surface area contributed by atoms with Crippen LogP contribution in [0.15, 0.2) is 22.8 Å². The quantitative estimate of drug-likeness (QED) is 0.578. The number of Topliss-reactive ketones (excluding diaryl/α,β-unsaturated/α-hetero) is 1. The number of hydrogen-bond acceptors (Lipinski definition) is 4. The van der Waals surface area contributed by atoms with E-state index < -0.39 is 8.07 Å². The first-order valence-electron chi connectivity index (χ1n) is 6.92. The van der Waals surface area contributed by atoms with Gasteiger partial charge in [-0.1, -0.05) is 19.6 Å². The van der Waals surface area contributed by atoms with Gasteiger partial charge in [0, 0.05) is 0 Å². The maximum absolute atomic E-state index is 12.6. The minimum absolute atomic E-state index is 0.0423. The molecule has 0 radical (unpaired) electrons. The highest BCUT2D eigenvalue weighted by Gasteiger charge is 2.38. The molecule has 0 aromatic rings. The van der Waals surface area contributed by atoms with Crippen molar-refractivity contribution < 1.29 is 19.1 Å². The second kappa shape index (κ2) is 5.95. The van der Waals surface area contributed by atoms with Crippen LogP contribution in [-0.2, 0) is 19.1 Å². The predicted molar refractivity (Wildman–Crippen MR) is 80.9 cm³/mol. The first kappa shape index (κ1) is 16.7. The summed E-state index contributed by atoms with van der Waals surface area (Å²) in [4.78, 5) is 24.9. The van der Waals surface area contributed by atoms with Crippen molar-refractivity contribution in [2.75, 3.05) is 0 Å². The number of rotatable bonds is 5. The smallest absolute Gasteiger partial charge is 0.224 e. The number of carbonyl (C=O) groups excluding carboxylic acids is 2. The predicted octanol–water partition coefficient (Wildman–Crippen LogP) is 3.00. The van der Waals surface area contributed by atoms with Crippen molar-refractivity contribution >= 4 is 19.6 Å². The molecule has 1 aliphatic rings. The summed E-state index contributed by atoms with van der Waals surface area (Å²) in [5.41, 5.74) is 0. The summed E-state index contributed by atoms with van der Waals surface area (Å²) in [6.07, 6.45) is 1.06. The fourth-order valence-electron chi connectivity index (χ4n) is 1.85. The molecule has 0 atom stereocenters. The van der Waals surface area contributed by atoms with Crippen molar-refractivity contribution in [3.05, 3.63) is 22.8 Å². The highest BCUT2D eigenvalue weighted by atomic mass is 28.3. The first-order chi connectivity index (χ1) is 9.04. The van der Waals surface area contributed by atoms with Gasteiger partial charge in [0.1, 0.15) is 0 Å². The van der Waals surface area contributed by atoms with Crippen LogP contribution in [-0.4, -0.2) is 31.8 Å². The van der Waals surface area contributed by atoms with Gasteiger partial charge in [-0.05, 0) is 39.0 Å². The van der Waals surface area contributed by atoms with E-state index in [1.54, 1.807) is 0 Å². The Hall–Kier alpha value is -1.36. The molecule has 112 valence electrons. The number of ketones is 2. The molecule has 0 heterocycles. The van der Waals surface area contributed by atoms with E-state index >= 15 is 0 Å². The molecule has 0 spiro atoms. The highest BCUT2D eigenvalue weighted by molar-refractivity contribution is 6.88. The molecule has 0 bridgehead atoms. The van der Waals surface area contributed by atoms with Crippen molar-refractivity contribution in [1.29, 1.82) is 0 Å². The maximum atomic E-state index is 12.6. The van der Waals surface area contributed by atoms with Crippen LogP contribution < -0.4 is 0 Å². The van der Waals surface area contributed by atoms with Gasteiger partial charge in [-0.2, -0.15) is 0 Å². The number of allylic oxidation sites excluding steroid dienone is 2. The van der Waals surface area contributed by atoms with Crippen molar-refractivity contribution in [2.45, 2.75) is 59.5 Å². The monoisotopic (exact) mass is 296 g/mol. The molecule has 0 unspecified atom stereocenters. The van der Waals surface area contributed by atoms with E-state index in [0.29, 0.717) is 5.20 Å². The summed E-state index contributed by atoms with van der Waals surface area (Å²) in [7, 11) is -1.90. The Bertz CT molecular complexity index is 479. The summed E-state index contributed by atoms with van der Waals surface area (Å²) >= 11 is 0. The van der Waals surface area contributed by atoms with Crippen molar-refractivity contribution in [3.8, 4) is 0 Å². The fraction of sp³-hybridized carbons (Fsp3) is 0.600.